The summed E-state index contributed by atoms with van der Waals surface area (Å²) in [5.74, 6) is 1.55. The Labute approximate surface area is 197 Å². The molecule has 3 heterocycles. The van der Waals surface area contributed by atoms with Gasteiger partial charge >= 0.3 is 0 Å². The van der Waals surface area contributed by atoms with E-state index in [1.807, 2.05) is 25.0 Å². The predicted molar refractivity (Wildman–Crippen MR) is 135 cm³/mol. The molecule has 0 amide bonds. The molecule has 33 heavy (non-hydrogen) atoms. The molecule has 0 bridgehead atoms. The van der Waals surface area contributed by atoms with Crippen LogP contribution in [-0.2, 0) is 7.05 Å². The van der Waals surface area contributed by atoms with Gasteiger partial charge in [-0.3, -0.25) is 9.58 Å². The van der Waals surface area contributed by atoms with Crippen LogP contribution in [0.5, 0.6) is 0 Å². The van der Waals surface area contributed by atoms with E-state index in [1.165, 1.54) is 32.1 Å². The van der Waals surface area contributed by atoms with Crippen LogP contribution in [-0.4, -0.2) is 59.4 Å². The van der Waals surface area contributed by atoms with Gasteiger partial charge in [0.05, 0.1) is 17.6 Å². The molecule has 1 aliphatic carbocycles. The topological polar surface area (TPSA) is 76.7 Å². The lowest BCUT2D eigenvalue weighted by Crippen LogP contribution is -2.40. The molecule has 3 aromatic rings. The molecule has 0 spiro atoms. The van der Waals surface area contributed by atoms with Crippen molar-refractivity contribution in [2.24, 2.45) is 7.05 Å². The average molecular weight is 453 g/mol. The minimum absolute atomic E-state index is 0.466. The van der Waals surface area contributed by atoms with Crippen molar-refractivity contribution < 1.29 is 0 Å². The third kappa shape index (κ3) is 4.76. The van der Waals surface area contributed by atoms with Gasteiger partial charge in [0.15, 0.2) is 17.3 Å². The third-order valence-corrected chi connectivity index (χ3v) is 7.11. The molecule has 0 saturated heterocycles. The van der Waals surface area contributed by atoms with E-state index >= 15 is 0 Å². The van der Waals surface area contributed by atoms with Gasteiger partial charge < -0.3 is 9.88 Å². The molecule has 1 fully saturated rings. The van der Waals surface area contributed by atoms with E-state index < -0.39 is 0 Å². The highest BCUT2D eigenvalue weighted by Gasteiger charge is 2.23. The quantitative estimate of drug-likeness (QED) is 0.525. The molecular weight excluding hydrogens is 412 g/mol. The average Bonchev–Trinajstić information content (AvgIpc) is 3.31. The van der Waals surface area contributed by atoms with E-state index in [1.54, 1.807) is 0 Å². The van der Waals surface area contributed by atoms with E-state index in [-0.39, 0.29) is 0 Å². The molecule has 1 saturated carbocycles. The van der Waals surface area contributed by atoms with Gasteiger partial charge in [-0.2, -0.15) is 5.10 Å². The van der Waals surface area contributed by atoms with Gasteiger partial charge in [0, 0.05) is 44.0 Å². The van der Waals surface area contributed by atoms with Crippen molar-refractivity contribution >= 4 is 17.0 Å². The molecule has 180 valence electrons. The molecule has 1 N–H and O–H groups in total. The highest BCUT2D eigenvalue weighted by molar-refractivity contribution is 5.85. The summed E-state index contributed by atoms with van der Waals surface area (Å²) >= 11 is 0. The van der Waals surface area contributed by atoms with Crippen molar-refractivity contribution in [2.45, 2.75) is 91.8 Å². The number of hydrogen-bond donors (Lipinski definition) is 1. The van der Waals surface area contributed by atoms with Crippen molar-refractivity contribution in [1.29, 1.82) is 0 Å². The third-order valence-electron chi connectivity index (χ3n) is 7.11. The molecule has 0 aromatic carbocycles. The summed E-state index contributed by atoms with van der Waals surface area (Å²) in [6.45, 7) is 14.9. The van der Waals surface area contributed by atoms with E-state index in [0.29, 0.717) is 18.1 Å². The van der Waals surface area contributed by atoms with Crippen molar-refractivity contribution in [1.82, 2.24) is 34.2 Å². The van der Waals surface area contributed by atoms with Crippen molar-refractivity contribution in [3.05, 3.63) is 17.7 Å². The Hall–Kier alpha value is -2.48. The van der Waals surface area contributed by atoms with E-state index in [9.17, 15) is 0 Å². The first-order valence-electron chi connectivity index (χ1n) is 12.5. The van der Waals surface area contributed by atoms with Crippen molar-refractivity contribution in [3.63, 3.8) is 0 Å². The normalized spacial score (nSPS) is 15.5. The van der Waals surface area contributed by atoms with Crippen LogP contribution in [0.3, 0.4) is 0 Å². The second-order valence-electron chi connectivity index (χ2n) is 10.0. The van der Waals surface area contributed by atoms with Crippen molar-refractivity contribution in [3.8, 4) is 11.4 Å². The number of fused-ring (bicyclic) bond motifs is 1. The first-order valence-corrected chi connectivity index (χ1v) is 12.5. The highest BCUT2D eigenvalue weighted by atomic mass is 15.3. The van der Waals surface area contributed by atoms with Gasteiger partial charge in [-0.1, -0.05) is 19.3 Å². The van der Waals surface area contributed by atoms with Crippen LogP contribution >= 0.6 is 0 Å². The Kier molecular flexibility index (Phi) is 7.02. The SMILES string of the molecule is Cc1nn(C)c(C)c1-c1nc(NCCN(C(C)C)C(C)C)c2ncn(C3CCCCC3)c2n1. The highest BCUT2D eigenvalue weighted by Crippen LogP contribution is 2.33. The fraction of sp³-hybridized carbons (Fsp3) is 0.680. The molecular formula is C25H40N8. The van der Waals surface area contributed by atoms with Crippen LogP contribution < -0.4 is 5.32 Å². The van der Waals surface area contributed by atoms with Crippen LogP contribution in [0.4, 0.5) is 5.82 Å². The number of nitrogens with zero attached hydrogens (tertiary/aromatic N) is 7. The predicted octanol–water partition coefficient (Wildman–Crippen LogP) is 4.88. The molecule has 0 radical (unpaired) electrons. The minimum atomic E-state index is 0.466. The summed E-state index contributed by atoms with van der Waals surface area (Å²) in [5.41, 5.74) is 4.85. The number of aryl methyl sites for hydroxylation is 2. The zero-order valence-electron chi connectivity index (χ0n) is 21.4. The smallest absolute Gasteiger partial charge is 0.167 e. The Bertz CT molecular complexity index is 1080. The Morgan fingerprint density at radius 3 is 2.36 bits per heavy atom. The van der Waals surface area contributed by atoms with Gasteiger partial charge in [-0.15, -0.1) is 0 Å². The maximum absolute atomic E-state index is 5.06. The Morgan fingerprint density at radius 1 is 1.06 bits per heavy atom. The lowest BCUT2D eigenvalue weighted by Gasteiger charge is -2.30. The summed E-state index contributed by atoms with van der Waals surface area (Å²) in [5, 5.41) is 8.21. The number of imidazole rings is 1. The van der Waals surface area contributed by atoms with Crippen LogP contribution in [0.15, 0.2) is 6.33 Å². The van der Waals surface area contributed by atoms with Gasteiger partial charge in [-0.25, -0.2) is 15.0 Å². The van der Waals surface area contributed by atoms with Crippen LogP contribution in [0, 0.1) is 13.8 Å². The van der Waals surface area contributed by atoms with Gasteiger partial charge in [-0.05, 0) is 54.4 Å². The Balaban J connectivity index is 1.73. The molecule has 3 aromatic heterocycles. The first kappa shape index (κ1) is 23.7. The summed E-state index contributed by atoms with van der Waals surface area (Å²) in [6.07, 6.45) is 8.23. The van der Waals surface area contributed by atoms with Gasteiger partial charge in [0.25, 0.3) is 0 Å². The maximum atomic E-state index is 5.06. The van der Waals surface area contributed by atoms with Crippen molar-refractivity contribution in [2.75, 3.05) is 18.4 Å². The first-order chi connectivity index (χ1) is 15.8. The number of hydrogen-bond acceptors (Lipinski definition) is 6. The zero-order valence-corrected chi connectivity index (χ0v) is 21.4. The molecule has 4 rings (SSSR count). The summed E-state index contributed by atoms with van der Waals surface area (Å²) in [4.78, 5) is 17.3. The number of rotatable bonds is 8. The second kappa shape index (κ2) is 9.79. The van der Waals surface area contributed by atoms with Crippen LogP contribution in [0.2, 0.25) is 0 Å². The molecule has 0 unspecified atom stereocenters. The number of anilines is 1. The molecule has 0 atom stereocenters. The van der Waals surface area contributed by atoms with E-state index in [4.69, 9.17) is 15.0 Å². The molecule has 0 aliphatic heterocycles. The maximum Gasteiger partial charge on any atom is 0.167 e. The Morgan fingerprint density at radius 2 is 1.76 bits per heavy atom. The lowest BCUT2D eigenvalue weighted by atomic mass is 9.95. The summed E-state index contributed by atoms with van der Waals surface area (Å²) in [6, 6.07) is 1.46. The summed E-state index contributed by atoms with van der Waals surface area (Å²) in [7, 11) is 1.97. The van der Waals surface area contributed by atoms with E-state index in [0.717, 1.165) is 52.8 Å². The van der Waals surface area contributed by atoms with Crippen LogP contribution in [0.1, 0.15) is 77.2 Å². The lowest BCUT2D eigenvalue weighted by molar-refractivity contribution is 0.182. The fourth-order valence-corrected chi connectivity index (χ4v) is 5.29. The summed E-state index contributed by atoms with van der Waals surface area (Å²) < 4.78 is 4.20. The number of aromatic nitrogens is 6. The van der Waals surface area contributed by atoms with E-state index in [2.05, 4.69) is 54.5 Å². The molecule has 8 heteroatoms. The van der Waals surface area contributed by atoms with Crippen LogP contribution in [0.25, 0.3) is 22.6 Å². The molecule has 1 aliphatic rings. The monoisotopic (exact) mass is 452 g/mol. The standard InChI is InChI=1S/C25H40N8/c1-16(2)32(17(3)4)14-13-26-24-22-25(33(15-27-22)20-11-9-8-10-12-20)29-23(28-24)21-18(5)30-31(7)19(21)6/h15-17,20H,8-14H2,1-7H3,(H,26,28,29). The number of nitrogens with one attached hydrogen (secondary N) is 1. The van der Waals surface area contributed by atoms with Gasteiger partial charge in [0.2, 0.25) is 0 Å². The second-order valence-corrected chi connectivity index (χ2v) is 10.0. The minimum Gasteiger partial charge on any atom is -0.367 e. The molecule has 8 nitrogen and oxygen atoms in total. The van der Waals surface area contributed by atoms with Gasteiger partial charge in [0.1, 0.15) is 5.52 Å². The zero-order chi connectivity index (χ0) is 23.7. The fourth-order valence-electron chi connectivity index (χ4n) is 5.29. The largest absolute Gasteiger partial charge is 0.367 e.